The SMILES string of the molecule is Cc1cc(C(C)[NH3+])cc(C)c1C. The zero-order chi connectivity index (χ0) is 9.30. The average Bonchev–Trinajstić information content (AvgIpc) is 1.99. The van der Waals surface area contributed by atoms with Gasteiger partial charge in [0.05, 0.1) is 0 Å². The zero-order valence-corrected chi connectivity index (χ0v) is 8.44. The van der Waals surface area contributed by atoms with Gasteiger partial charge in [-0.15, -0.1) is 0 Å². The molecule has 0 aromatic heterocycles. The summed E-state index contributed by atoms with van der Waals surface area (Å²) in [6.45, 7) is 8.62. The number of quaternary nitrogens is 1. The molecule has 1 nitrogen and oxygen atoms in total. The summed E-state index contributed by atoms with van der Waals surface area (Å²) in [4.78, 5) is 0. The van der Waals surface area contributed by atoms with E-state index in [4.69, 9.17) is 0 Å². The van der Waals surface area contributed by atoms with E-state index in [1.54, 1.807) is 0 Å². The summed E-state index contributed by atoms with van der Waals surface area (Å²) in [7, 11) is 0. The number of benzene rings is 1. The van der Waals surface area contributed by atoms with Crippen LogP contribution < -0.4 is 5.73 Å². The van der Waals surface area contributed by atoms with Crippen molar-refractivity contribution in [2.45, 2.75) is 33.7 Å². The second-order valence-corrected chi connectivity index (χ2v) is 3.68. The summed E-state index contributed by atoms with van der Waals surface area (Å²) in [5, 5.41) is 0. The van der Waals surface area contributed by atoms with Crippen molar-refractivity contribution in [3.8, 4) is 0 Å². The lowest BCUT2D eigenvalue weighted by atomic mass is 9.98. The molecular formula is C11H18N+. The fourth-order valence-corrected chi connectivity index (χ4v) is 1.35. The maximum atomic E-state index is 4.02. The van der Waals surface area contributed by atoms with Gasteiger partial charge in [-0.25, -0.2) is 0 Å². The molecule has 1 aromatic rings. The topological polar surface area (TPSA) is 27.6 Å². The Bertz CT molecular complexity index is 264. The van der Waals surface area contributed by atoms with Gasteiger partial charge in [-0.3, -0.25) is 0 Å². The van der Waals surface area contributed by atoms with Gasteiger partial charge in [-0.1, -0.05) is 0 Å². The molecule has 0 saturated carbocycles. The van der Waals surface area contributed by atoms with Gasteiger partial charge in [0.1, 0.15) is 6.04 Å². The van der Waals surface area contributed by atoms with Crippen molar-refractivity contribution in [2.75, 3.05) is 0 Å². The van der Waals surface area contributed by atoms with Crippen LogP contribution in [0.15, 0.2) is 12.1 Å². The molecular weight excluding hydrogens is 146 g/mol. The fraction of sp³-hybridized carbons (Fsp3) is 0.455. The first-order chi connectivity index (χ1) is 5.52. The van der Waals surface area contributed by atoms with E-state index in [0.717, 1.165) is 0 Å². The van der Waals surface area contributed by atoms with Crippen molar-refractivity contribution >= 4 is 0 Å². The van der Waals surface area contributed by atoms with Crippen molar-refractivity contribution in [1.82, 2.24) is 0 Å². The first-order valence-corrected chi connectivity index (χ1v) is 4.43. The van der Waals surface area contributed by atoms with Gasteiger partial charge in [0, 0.05) is 5.56 Å². The summed E-state index contributed by atoms with van der Waals surface area (Å²) in [6.07, 6.45) is 0. The monoisotopic (exact) mass is 164 g/mol. The van der Waals surface area contributed by atoms with Crippen LogP contribution >= 0.6 is 0 Å². The van der Waals surface area contributed by atoms with Crippen molar-refractivity contribution in [3.05, 3.63) is 34.4 Å². The Morgan fingerprint density at radius 1 is 1.08 bits per heavy atom. The Morgan fingerprint density at radius 2 is 1.50 bits per heavy atom. The molecule has 12 heavy (non-hydrogen) atoms. The molecule has 0 aliphatic heterocycles. The van der Waals surface area contributed by atoms with Crippen molar-refractivity contribution in [3.63, 3.8) is 0 Å². The van der Waals surface area contributed by atoms with Gasteiger partial charge < -0.3 is 5.73 Å². The molecule has 0 saturated heterocycles. The molecule has 1 heteroatoms. The van der Waals surface area contributed by atoms with Crippen molar-refractivity contribution in [1.29, 1.82) is 0 Å². The van der Waals surface area contributed by atoms with Crippen LogP contribution in [0, 0.1) is 20.8 Å². The highest BCUT2D eigenvalue weighted by Gasteiger charge is 2.05. The Kier molecular flexibility index (Phi) is 2.53. The molecule has 0 aliphatic rings. The van der Waals surface area contributed by atoms with Gasteiger partial charge in [-0.2, -0.15) is 0 Å². The molecule has 1 unspecified atom stereocenters. The van der Waals surface area contributed by atoms with Gasteiger partial charge in [0.15, 0.2) is 0 Å². The minimum Gasteiger partial charge on any atom is -0.352 e. The quantitative estimate of drug-likeness (QED) is 0.656. The molecule has 3 N–H and O–H groups in total. The molecule has 1 aromatic carbocycles. The number of hydrogen-bond acceptors (Lipinski definition) is 0. The largest absolute Gasteiger partial charge is 0.352 e. The van der Waals surface area contributed by atoms with Crippen LogP contribution in [0.1, 0.15) is 35.2 Å². The summed E-state index contributed by atoms with van der Waals surface area (Å²) >= 11 is 0. The number of aryl methyl sites for hydroxylation is 2. The lowest BCUT2D eigenvalue weighted by molar-refractivity contribution is -0.420. The zero-order valence-electron chi connectivity index (χ0n) is 8.44. The second kappa shape index (κ2) is 3.28. The Hall–Kier alpha value is -0.820. The fourth-order valence-electron chi connectivity index (χ4n) is 1.35. The molecule has 0 spiro atoms. The number of hydrogen-bond donors (Lipinski definition) is 1. The van der Waals surface area contributed by atoms with Crippen LogP contribution in [-0.4, -0.2) is 0 Å². The van der Waals surface area contributed by atoms with Gasteiger partial charge in [0.25, 0.3) is 0 Å². The second-order valence-electron chi connectivity index (χ2n) is 3.68. The van der Waals surface area contributed by atoms with E-state index in [1.165, 1.54) is 22.3 Å². The van der Waals surface area contributed by atoms with E-state index >= 15 is 0 Å². The molecule has 1 rings (SSSR count). The third kappa shape index (κ3) is 1.67. The molecule has 0 fully saturated rings. The predicted octanol–water partition coefficient (Wildman–Crippen LogP) is 1.91. The predicted molar refractivity (Wildman–Crippen MR) is 52.0 cm³/mol. The van der Waals surface area contributed by atoms with Crippen molar-refractivity contribution < 1.29 is 5.73 Å². The lowest BCUT2D eigenvalue weighted by Crippen LogP contribution is -2.51. The normalized spacial score (nSPS) is 13.1. The highest BCUT2D eigenvalue weighted by molar-refractivity contribution is 5.37. The molecule has 1 atom stereocenters. The third-order valence-corrected chi connectivity index (χ3v) is 2.52. The Morgan fingerprint density at radius 3 is 1.83 bits per heavy atom. The standard InChI is InChI=1S/C11H17N/c1-7-5-11(10(4)12)6-8(2)9(7)3/h5-6,10H,12H2,1-4H3/p+1. The molecule has 0 radical (unpaired) electrons. The minimum absolute atomic E-state index is 0.392. The smallest absolute Gasteiger partial charge is 0.107 e. The van der Waals surface area contributed by atoms with Crippen LogP contribution in [0.5, 0.6) is 0 Å². The van der Waals surface area contributed by atoms with Crippen LogP contribution in [0.25, 0.3) is 0 Å². The third-order valence-electron chi connectivity index (χ3n) is 2.52. The van der Waals surface area contributed by atoms with E-state index in [1.807, 2.05) is 0 Å². The highest BCUT2D eigenvalue weighted by Crippen LogP contribution is 2.18. The van der Waals surface area contributed by atoms with Crippen molar-refractivity contribution in [2.24, 2.45) is 0 Å². The maximum Gasteiger partial charge on any atom is 0.107 e. The van der Waals surface area contributed by atoms with E-state index in [9.17, 15) is 0 Å². The van der Waals surface area contributed by atoms with Gasteiger partial charge >= 0.3 is 0 Å². The van der Waals surface area contributed by atoms with Gasteiger partial charge in [-0.05, 0) is 56.5 Å². The Labute approximate surface area is 74.6 Å². The minimum atomic E-state index is 0.392. The maximum absolute atomic E-state index is 4.02. The van der Waals surface area contributed by atoms with Gasteiger partial charge in [0.2, 0.25) is 0 Å². The first-order valence-electron chi connectivity index (χ1n) is 4.43. The molecule has 0 aliphatic carbocycles. The lowest BCUT2D eigenvalue weighted by Gasteiger charge is -2.09. The van der Waals surface area contributed by atoms with Crippen LogP contribution in [0.2, 0.25) is 0 Å². The van der Waals surface area contributed by atoms with Crippen LogP contribution in [-0.2, 0) is 0 Å². The summed E-state index contributed by atoms with van der Waals surface area (Å²) in [5.74, 6) is 0. The molecule has 0 amide bonds. The van der Waals surface area contributed by atoms with E-state index in [0.29, 0.717) is 6.04 Å². The van der Waals surface area contributed by atoms with E-state index in [2.05, 4.69) is 45.6 Å². The summed E-state index contributed by atoms with van der Waals surface area (Å²) in [6, 6.07) is 4.86. The molecule has 0 heterocycles. The Balaban J connectivity index is 3.21. The molecule has 66 valence electrons. The summed E-state index contributed by atoms with van der Waals surface area (Å²) in [5.41, 5.74) is 9.52. The van der Waals surface area contributed by atoms with E-state index in [-0.39, 0.29) is 0 Å². The highest BCUT2D eigenvalue weighted by atomic mass is 14.6. The van der Waals surface area contributed by atoms with Crippen LogP contribution in [0.3, 0.4) is 0 Å². The summed E-state index contributed by atoms with van der Waals surface area (Å²) < 4.78 is 0. The average molecular weight is 164 g/mol. The van der Waals surface area contributed by atoms with E-state index < -0.39 is 0 Å². The van der Waals surface area contributed by atoms with Crippen LogP contribution in [0.4, 0.5) is 0 Å². The number of rotatable bonds is 1. The first kappa shape index (κ1) is 9.27. The molecule has 0 bridgehead atoms.